The van der Waals surface area contributed by atoms with Crippen LogP contribution in [0.5, 0.6) is 5.75 Å². The summed E-state index contributed by atoms with van der Waals surface area (Å²) < 4.78 is 13.2. The number of ether oxygens (including phenoxy) is 2. The highest BCUT2D eigenvalue weighted by molar-refractivity contribution is 5.78. The minimum absolute atomic E-state index is 0.0119. The van der Waals surface area contributed by atoms with Crippen molar-refractivity contribution >= 4 is 5.97 Å². The van der Waals surface area contributed by atoms with Crippen LogP contribution in [0.25, 0.3) is 5.69 Å². The van der Waals surface area contributed by atoms with Crippen LogP contribution in [0, 0.1) is 13.8 Å². The first-order valence-electron chi connectivity index (χ1n) is 9.08. The van der Waals surface area contributed by atoms with E-state index in [1.165, 1.54) is 0 Å². The number of aromatic nitrogens is 2. The smallest absolute Gasteiger partial charge is 0.348 e. The molecule has 1 aliphatic heterocycles. The molecule has 1 aliphatic rings. The zero-order valence-electron chi connectivity index (χ0n) is 15.7. The Labute approximate surface area is 158 Å². The summed E-state index contributed by atoms with van der Waals surface area (Å²) in [5.41, 5.74) is 5.03. The lowest BCUT2D eigenvalue weighted by atomic mass is 9.98. The second-order valence-electron chi connectivity index (χ2n) is 6.98. The van der Waals surface area contributed by atoms with E-state index in [0.717, 1.165) is 34.0 Å². The molecule has 0 amide bonds. The Morgan fingerprint density at radius 1 is 1.15 bits per heavy atom. The molecule has 2 atom stereocenters. The van der Waals surface area contributed by atoms with E-state index in [-0.39, 0.29) is 18.5 Å². The minimum atomic E-state index is -0.587. The molecule has 2 heterocycles. The zero-order chi connectivity index (χ0) is 19.0. The van der Waals surface area contributed by atoms with Crippen LogP contribution in [-0.2, 0) is 16.1 Å². The second kappa shape index (κ2) is 6.91. The van der Waals surface area contributed by atoms with Gasteiger partial charge in [0.05, 0.1) is 11.4 Å². The van der Waals surface area contributed by atoms with Crippen molar-refractivity contribution in [3.8, 4) is 11.4 Å². The summed E-state index contributed by atoms with van der Waals surface area (Å²) in [4.78, 5) is 12.5. The largest absolute Gasteiger partial charge is 0.478 e. The van der Waals surface area contributed by atoms with E-state index in [1.54, 1.807) is 0 Å². The number of fused-ring (bicyclic) bond motifs is 1. The molecule has 5 heteroatoms. The van der Waals surface area contributed by atoms with Crippen LogP contribution in [0.3, 0.4) is 0 Å². The summed E-state index contributed by atoms with van der Waals surface area (Å²) in [5, 5.41) is 4.48. The van der Waals surface area contributed by atoms with Gasteiger partial charge in [-0.15, -0.1) is 0 Å². The number of para-hydroxylation sites is 1. The molecule has 2 unspecified atom stereocenters. The van der Waals surface area contributed by atoms with E-state index in [9.17, 15) is 4.79 Å². The Morgan fingerprint density at radius 2 is 1.89 bits per heavy atom. The predicted molar refractivity (Wildman–Crippen MR) is 102 cm³/mol. The summed E-state index contributed by atoms with van der Waals surface area (Å²) in [6.45, 7) is 6.21. The molecule has 2 aromatic carbocycles. The number of hydrogen-bond donors (Lipinski definition) is 0. The Kier molecular flexibility index (Phi) is 4.44. The fourth-order valence-corrected chi connectivity index (χ4v) is 3.48. The topological polar surface area (TPSA) is 53.4 Å². The summed E-state index contributed by atoms with van der Waals surface area (Å²) in [7, 11) is 0. The molecule has 0 saturated carbocycles. The van der Waals surface area contributed by atoms with Gasteiger partial charge in [-0.3, -0.25) is 0 Å². The lowest BCUT2D eigenvalue weighted by molar-refractivity contribution is -0.153. The van der Waals surface area contributed by atoms with Crippen LogP contribution in [0.2, 0.25) is 0 Å². The average molecular weight is 362 g/mol. The van der Waals surface area contributed by atoms with Crippen LogP contribution in [0.4, 0.5) is 0 Å². The number of carbonyl (C=O) groups excluding carboxylic acids is 1. The Hall–Kier alpha value is -3.08. The summed E-state index contributed by atoms with van der Waals surface area (Å²) in [5.74, 6) is 0.421. The quantitative estimate of drug-likeness (QED) is 0.656. The van der Waals surface area contributed by atoms with Crippen molar-refractivity contribution in [1.82, 2.24) is 9.78 Å². The average Bonchev–Trinajstić information content (AvgIpc) is 3.19. The molecule has 27 heavy (non-hydrogen) atoms. The molecule has 138 valence electrons. The highest BCUT2D eigenvalue weighted by Crippen LogP contribution is 2.38. The first-order valence-corrected chi connectivity index (χ1v) is 9.08. The van der Waals surface area contributed by atoms with E-state index in [2.05, 4.69) is 5.10 Å². The number of hydrogen-bond acceptors (Lipinski definition) is 4. The van der Waals surface area contributed by atoms with Crippen LogP contribution in [-0.4, -0.2) is 21.9 Å². The van der Waals surface area contributed by atoms with Crippen molar-refractivity contribution in [2.24, 2.45) is 0 Å². The fourth-order valence-electron chi connectivity index (χ4n) is 3.48. The maximum Gasteiger partial charge on any atom is 0.348 e. The summed E-state index contributed by atoms with van der Waals surface area (Å²) in [6.07, 6.45) is -0.587. The number of rotatable bonds is 4. The van der Waals surface area contributed by atoms with Crippen LogP contribution in [0.1, 0.15) is 35.4 Å². The highest BCUT2D eigenvalue weighted by Gasteiger charge is 2.37. The molecule has 0 saturated heterocycles. The third-order valence-corrected chi connectivity index (χ3v) is 4.92. The van der Waals surface area contributed by atoms with Gasteiger partial charge in [0, 0.05) is 17.2 Å². The van der Waals surface area contributed by atoms with Crippen LogP contribution >= 0.6 is 0 Å². The standard InChI is InChI=1S/C22H22N2O3/c1-14-12-15(2)24(23-14)18-10-8-17(9-11-18)13-26-22(25)21-16(3)19-6-4-5-7-20(19)27-21/h4-12,16,21H,13H2,1-3H3. The zero-order valence-corrected chi connectivity index (χ0v) is 15.7. The van der Waals surface area contributed by atoms with Gasteiger partial charge in [-0.25, -0.2) is 9.48 Å². The van der Waals surface area contributed by atoms with Gasteiger partial charge in [0.15, 0.2) is 0 Å². The monoisotopic (exact) mass is 362 g/mol. The van der Waals surface area contributed by atoms with Gasteiger partial charge in [0.2, 0.25) is 6.10 Å². The number of aryl methyl sites for hydroxylation is 2. The van der Waals surface area contributed by atoms with Crippen molar-refractivity contribution < 1.29 is 14.3 Å². The summed E-state index contributed by atoms with van der Waals surface area (Å²) >= 11 is 0. The van der Waals surface area contributed by atoms with E-state index in [0.29, 0.717) is 0 Å². The molecular formula is C22H22N2O3. The second-order valence-corrected chi connectivity index (χ2v) is 6.98. The Bertz CT molecular complexity index is 975. The van der Waals surface area contributed by atoms with Crippen molar-refractivity contribution in [1.29, 1.82) is 0 Å². The lowest BCUT2D eigenvalue weighted by Crippen LogP contribution is -2.29. The van der Waals surface area contributed by atoms with Gasteiger partial charge in [0.1, 0.15) is 12.4 Å². The van der Waals surface area contributed by atoms with E-state index in [1.807, 2.05) is 80.1 Å². The lowest BCUT2D eigenvalue weighted by Gasteiger charge is -2.14. The van der Waals surface area contributed by atoms with Gasteiger partial charge in [-0.2, -0.15) is 5.10 Å². The summed E-state index contributed by atoms with van der Waals surface area (Å²) in [6, 6.07) is 17.6. The molecule has 0 bridgehead atoms. The van der Waals surface area contributed by atoms with Crippen molar-refractivity contribution in [3.63, 3.8) is 0 Å². The predicted octanol–water partition coefficient (Wildman–Crippen LogP) is 4.10. The van der Waals surface area contributed by atoms with Gasteiger partial charge in [-0.1, -0.05) is 37.3 Å². The molecule has 5 nitrogen and oxygen atoms in total. The molecule has 0 spiro atoms. The van der Waals surface area contributed by atoms with Gasteiger partial charge < -0.3 is 9.47 Å². The number of benzene rings is 2. The fraction of sp³-hybridized carbons (Fsp3) is 0.273. The Morgan fingerprint density at radius 3 is 2.56 bits per heavy atom. The van der Waals surface area contributed by atoms with Gasteiger partial charge >= 0.3 is 5.97 Å². The normalized spacial score (nSPS) is 18.0. The maximum atomic E-state index is 12.5. The van der Waals surface area contributed by atoms with Gasteiger partial charge in [-0.05, 0) is 43.7 Å². The van der Waals surface area contributed by atoms with E-state index < -0.39 is 6.10 Å². The third kappa shape index (κ3) is 3.33. The SMILES string of the molecule is Cc1cc(C)n(-c2ccc(COC(=O)C3Oc4ccccc4C3C)cc2)n1. The van der Waals surface area contributed by atoms with Crippen molar-refractivity contribution in [2.45, 2.75) is 39.4 Å². The minimum Gasteiger partial charge on any atom is -0.478 e. The molecule has 0 aliphatic carbocycles. The third-order valence-electron chi connectivity index (χ3n) is 4.92. The number of carbonyl (C=O) groups is 1. The molecule has 0 radical (unpaired) electrons. The van der Waals surface area contributed by atoms with E-state index >= 15 is 0 Å². The van der Waals surface area contributed by atoms with Gasteiger partial charge in [0.25, 0.3) is 0 Å². The molecule has 1 aromatic heterocycles. The first-order chi connectivity index (χ1) is 13.0. The van der Waals surface area contributed by atoms with Crippen molar-refractivity contribution in [3.05, 3.63) is 77.1 Å². The molecular weight excluding hydrogens is 340 g/mol. The molecule has 0 N–H and O–H groups in total. The van der Waals surface area contributed by atoms with Crippen LogP contribution < -0.4 is 4.74 Å². The van der Waals surface area contributed by atoms with E-state index in [4.69, 9.17) is 9.47 Å². The molecule has 3 aromatic rings. The molecule has 4 rings (SSSR count). The van der Waals surface area contributed by atoms with Crippen molar-refractivity contribution in [2.75, 3.05) is 0 Å². The van der Waals surface area contributed by atoms with Crippen LogP contribution in [0.15, 0.2) is 54.6 Å². The molecule has 0 fully saturated rings. The first kappa shape index (κ1) is 17.3. The number of esters is 1. The maximum absolute atomic E-state index is 12.5. The number of nitrogens with zero attached hydrogens (tertiary/aromatic N) is 2. The Balaban J connectivity index is 1.39. The highest BCUT2D eigenvalue weighted by atomic mass is 16.6.